The number of thioether (sulfide) groups is 1. The van der Waals surface area contributed by atoms with Crippen molar-refractivity contribution < 1.29 is 9.18 Å². The fourth-order valence-corrected chi connectivity index (χ4v) is 2.94. The van der Waals surface area contributed by atoms with Crippen LogP contribution in [0.25, 0.3) is 0 Å². The van der Waals surface area contributed by atoms with Gasteiger partial charge in [0.15, 0.2) is 0 Å². The van der Waals surface area contributed by atoms with Gasteiger partial charge in [0.05, 0.1) is 11.4 Å². The van der Waals surface area contributed by atoms with Crippen LogP contribution in [0.5, 0.6) is 0 Å². The molecule has 1 N–H and O–H groups in total. The van der Waals surface area contributed by atoms with Crippen LogP contribution in [-0.4, -0.2) is 11.7 Å². The summed E-state index contributed by atoms with van der Waals surface area (Å²) < 4.78 is 14.3. The second kappa shape index (κ2) is 6.90. The van der Waals surface area contributed by atoms with Gasteiger partial charge in [-0.1, -0.05) is 18.2 Å². The van der Waals surface area contributed by atoms with E-state index < -0.39 is 0 Å². The molecule has 0 aliphatic rings. The first-order valence-corrected chi connectivity index (χ1v) is 7.77. The Bertz CT molecular complexity index is 633. The number of nitrogens with one attached hydrogen (secondary N) is 1. The Balaban J connectivity index is 1.94. The van der Waals surface area contributed by atoms with Crippen LogP contribution in [0.1, 0.15) is 5.56 Å². The minimum Gasteiger partial charge on any atom is -0.324 e. The van der Waals surface area contributed by atoms with Crippen molar-refractivity contribution in [2.24, 2.45) is 0 Å². The number of rotatable bonds is 4. The topological polar surface area (TPSA) is 29.1 Å². The van der Waals surface area contributed by atoms with Crippen LogP contribution in [0, 0.1) is 12.7 Å². The van der Waals surface area contributed by atoms with E-state index in [0.717, 1.165) is 15.7 Å². The summed E-state index contributed by atoms with van der Waals surface area (Å²) in [6.07, 6.45) is 0. The molecule has 0 radical (unpaired) electrons. The quantitative estimate of drug-likeness (QED) is 0.812. The molecular formula is C15H13BrFNOS. The highest BCUT2D eigenvalue weighted by molar-refractivity contribution is 9.10. The highest BCUT2D eigenvalue weighted by atomic mass is 79.9. The molecule has 0 saturated heterocycles. The largest absolute Gasteiger partial charge is 0.324 e. The Morgan fingerprint density at radius 3 is 2.75 bits per heavy atom. The van der Waals surface area contributed by atoms with Gasteiger partial charge in [0.25, 0.3) is 0 Å². The summed E-state index contributed by atoms with van der Waals surface area (Å²) in [4.78, 5) is 12.3. The molecule has 2 aromatic rings. The summed E-state index contributed by atoms with van der Waals surface area (Å²) in [5.41, 5.74) is 1.82. The SMILES string of the molecule is Cc1ccc(NC(=O)CSc2ccccc2F)c(Br)c1. The molecule has 1 amide bonds. The van der Waals surface area contributed by atoms with Crippen molar-refractivity contribution in [1.29, 1.82) is 0 Å². The van der Waals surface area contributed by atoms with Crippen molar-refractivity contribution in [2.45, 2.75) is 11.8 Å². The summed E-state index contributed by atoms with van der Waals surface area (Å²) in [7, 11) is 0. The Hall–Kier alpha value is -1.33. The fraction of sp³-hybridized carbons (Fsp3) is 0.133. The van der Waals surface area contributed by atoms with Gasteiger partial charge in [0.1, 0.15) is 5.82 Å². The lowest BCUT2D eigenvalue weighted by molar-refractivity contribution is -0.113. The molecule has 20 heavy (non-hydrogen) atoms. The molecule has 2 aromatic carbocycles. The molecule has 0 bridgehead atoms. The van der Waals surface area contributed by atoms with E-state index in [1.165, 1.54) is 17.8 Å². The van der Waals surface area contributed by atoms with Gasteiger partial charge in [-0.2, -0.15) is 0 Å². The number of hydrogen-bond donors (Lipinski definition) is 1. The van der Waals surface area contributed by atoms with Crippen LogP contribution in [-0.2, 0) is 4.79 Å². The number of aryl methyl sites for hydroxylation is 1. The number of amides is 1. The van der Waals surface area contributed by atoms with E-state index in [9.17, 15) is 9.18 Å². The minimum atomic E-state index is -0.304. The molecule has 0 fully saturated rings. The van der Waals surface area contributed by atoms with Gasteiger partial charge in [0.2, 0.25) is 5.91 Å². The average molecular weight is 354 g/mol. The summed E-state index contributed by atoms with van der Waals surface area (Å²) >= 11 is 4.58. The van der Waals surface area contributed by atoms with E-state index >= 15 is 0 Å². The zero-order valence-corrected chi connectivity index (χ0v) is 13.2. The lowest BCUT2D eigenvalue weighted by Gasteiger charge is -2.08. The minimum absolute atomic E-state index is 0.164. The Morgan fingerprint density at radius 2 is 2.05 bits per heavy atom. The summed E-state index contributed by atoms with van der Waals surface area (Å²) in [5, 5.41) is 2.80. The van der Waals surface area contributed by atoms with Crippen molar-refractivity contribution in [3.63, 3.8) is 0 Å². The van der Waals surface area contributed by atoms with E-state index in [4.69, 9.17) is 0 Å². The van der Waals surface area contributed by atoms with Crippen LogP contribution < -0.4 is 5.32 Å². The zero-order chi connectivity index (χ0) is 14.5. The standard InChI is InChI=1S/C15H13BrFNOS/c1-10-6-7-13(11(16)8-10)18-15(19)9-20-14-5-3-2-4-12(14)17/h2-8H,9H2,1H3,(H,18,19). The molecule has 0 aliphatic carbocycles. The monoisotopic (exact) mass is 353 g/mol. The van der Waals surface area contributed by atoms with E-state index in [0.29, 0.717) is 4.90 Å². The van der Waals surface area contributed by atoms with Gasteiger partial charge in [-0.05, 0) is 52.7 Å². The highest BCUT2D eigenvalue weighted by Gasteiger charge is 2.08. The van der Waals surface area contributed by atoms with Gasteiger partial charge in [-0.3, -0.25) is 4.79 Å². The first kappa shape index (κ1) is 15.1. The van der Waals surface area contributed by atoms with Crippen LogP contribution in [0.4, 0.5) is 10.1 Å². The molecule has 0 spiro atoms. The van der Waals surface area contributed by atoms with E-state index in [1.54, 1.807) is 18.2 Å². The number of carbonyl (C=O) groups excluding carboxylic acids is 1. The predicted molar refractivity (Wildman–Crippen MR) is 84.6 cm³/mol. The maximum atomic E-state index is 13.4. The molecule has 0 heterocycles. The van der Waals surface area contributed by atoms with E-state index in [2.05, 4.69) is 21.2 Å². The van der Waals surface area contributed by atoms with E-state index in [-0.39, 0.29) is 17.5 Å². The number of halogens is 2. The molecule has 0 aliphatic heterocycles. The van der Waals surface area contributed by atoms with Gasteiger partial charge in [0, 0.05) is 9.37 Å². The molecule has 2 rings (SSSR count). The van der Waals surface area contributed by atoms with Crippen molar-refractivity contribution in [3.05, 3.63) is 58.3 Å². The molecular weight excluding hydrogens is 341 g/mol. The normalized spacial score (nSPS) is 10.3. The Labute approximate surface area is 129 Å². The third kappa shape index (κ3) is 4.08. The third-order valence-electron chi connectivity index (χ3n) is 2.59. The van der Waals surface area contributed by atoms with Crippen LogP contribution in [0.15, 0.2) is 51.8 Å². The van der Waals surface area contributed by atoms with Crippen molar-refractivity contribution in [3.8, 4) is 0 Å². The molecule has 0 atom stereocenters. The smallest absolute Gasteiger partial charge is 0.234 e. The number of hydrogen-bond acceptors (Lipinski definition) is 2. The van der Waals surface area contributed by atoms with E-state index in [1.807, 2.05) is 25.1 Å². The maximum Gasteiger partial charge on any atom is 0.234 e. The number of benzene rings is 2. The Kier molecular flexibility index (Phi) is 5.20. The van der Waals surface area contributed by atoms with Gasteiger partial charge in [-0.25, -0.2) is 4.39 Å². The first-order chi connectivity index (χ1) is 9.56. The third-order valence-corrected chi connectivity index (χ3v) is 4.30. The van der Waals surface area contributed by atoms with Crippen molar-refractivity contribution >= 4 is 39.3 Å². The summed E-state index contributed by atoms with van der Waals surface area (Å²) in [6.45, 7) is 1.98. The average Bonchev–Trinajstić information content (AvgIpc) is 2.41. The fourth-order valence-electron chi connectivity index (χ4n) is 1.61. The van der Waals surface area contributed by atoms with Gasteiger partial charge >= 0.3 is 0 Å². The molecule has 104 valence electrons. The molecule has 0 unspecified atom stereocenters. The predicted octanol–water partition coefficient (Wildman–Crippen LogP) is 4.63. The summed E-state index contributed by atoms with van der Waals surface area (Å²) in [6, 6.07) is 12.1. The van der Waals surface area contributed by atoms with Gasteiger partial charge in [-0.15, -0.1) is 11.8 Å². The van der Waals surface area contributed by atoms with Gasteiger partial charge < -0.3 is 5.32 Å². The molecule has 5 heteroatoms. The van der Waals surface area contributed by atoms with Crippen molar-refractivity contribution in [1.82, 2.24) is 0 Å². The number of carbonyl (C=O) groups is 1. The van der Waals surface area contributed by atoms with Crippen LogP contribution in [0.3, 0.4) is 0 Å². The van der Waals surface area contributed by atoms with Crippen LogP contribution in [0.2, 0.25) is 0 Å². The summed E-state index contributed by atoms with van der Waals surface area (Å²) in [5.74, 6) is -0.300. The Morgan fingerprint density at radius 1 is 1.30 bits per heavy atom. The second-order valence-electron chi connectivity index (χ2n) is 4.25. The second-order valence-corrected chi connectivity index (χ2v) is 6.12. The lowest BCUT2D eigenvalue weighted by Crippen LogP contribution is -2.14. The maximum absolute atomic E-state index is 13.4. The highest BCUT2D eigenvalue weighted by Crippen LogP contribution is 2.25. The van der Waals surface area contributed by atoms with Crippen molar-refractivity contribution in [2.75, 3.05) is 11.1 Å². The molecule has 0 saturated carbocycles. The zero-order valence-electron chi connectivity index (χ0n) is 10.8. The first-order valence-electron chi connectivity index (χ1n) is 5.99. The molecule has 0 aromatic heterocycles. The number of anilines is 1. The van der Waals surface area contributed by atoms with Crippen LogP contribution >= 0.6 is 27.7 Å². The lowest BCUT2D eigenvalue weighted by atomic mass is 10.2. The molecule has 2 nitrogen and oxygen atoms in total.